The normalized spacial score (nSPS) is 24.7. The van der Waals surface area contributed by atoms with Gasteiger partial charge in [0.05, 0.1) is 31.0 Å². The van der Waals surface area contributed by atoms with Gasteiger partial charge in [0.25, 0.3) is 0 Å². The molecule has 0 spiro atoms. The molecule has 2 aromatic rings. The van der Waals surface area contributed by atoms with E-state index in [0.717, 1.165) is 67.4 Å². The van der Waals surface area contributed by atoms with E-state index < -0.39 is 201 Å². The lowest BCUT2D eigenvalue weighted by Crippen LogP contribution is -2.64. The summed E-state index contributed by atoms with van der Waals surface area (Å²) in [5, 5.41) is 115. The summed E-state index contributed by atoms with van der Waals surface area (Å²) in [4.78, 5) is 159. The molecule has 33 heteroatoms. The number of rotatable bonds is 38. The number of amides is 11. The number of thioether (sulfide) groups is 1. The minimum Gasteiger partial charge on any atom is -0.508 e. The van der Waals surface area contributed by atoms with E-state index in [9.17, 15) is 84.0 Å². The molecule has 0 radical (unpaired) electrons. The molecule has 0 unspecified atom stereocenters. The van der Waals surface area contributed by atoms with Crippen molar-refractivity contribution < 1.29 is 98.3 Å². The van der Waals surface area contributed by atoms with Crippen LogP contribution in [0.2, 0.25) is 0 Å². The van der Waals surface area contributed by atoms with Crippen LogP contribution in [0, 0.1) is 17.8 Å². The summed E-state index contributed by atoms with van der Waals surface area (Å²) in [6, 6.07) is -2.64. The largest absolute Gasteiger partial charge is 0.508 e. The quantitative estimate of drug-likeness (QED) is 0.0266. The molecule has 3 aliphatic rings. The minimum absolute atomic E-state index is 0.0928. The summed E-state index contributed by atoms with van der Waals surface area (Å²) in [6.45, 7) is 9.21. The average Bonchev–Trinajstić information content (AvgIpc) is 1.62. The Morgan fingerprint density at radius 2 is 1.32 bits per heavy atom. The van der Waals surface area contributed by atoms with E-state index >= 15 is 9.59 Å². The van der Waals surface area contributed by atoms with Gasteiger partial charge in [-0.3, -0.25) is 52.7 Å². The van der Waals surface area contributed by atoms with Crippen LogP contribution in [0.15, 0.2) is 54.6 Å². The number of aromatic hydroxyl groups is 1. The number of ether oxygens (including phenoxy) is 1. The SMILES string of the molecule is CC[C@H](C)C[C@H](C)CCCCCCCCC(=O)N[C@H]1C[C@@H](O)[C@@H](OCCN)NC(=O)[C@@H]2[C@@H](O)CCN2C(=O)[C@H]([C@H](O)CCNC(=O)[C@H](Cc2ccccc2)NC(=O)[C@H](CC(C)C)NC(=O)[C@H](CCSC)NC=O)NC(=O)[C@H]([C@H](O)[C@@H](O)c2ccc(O)cc2)NC(=O)[C@@H]2C[C@@H](O)CN2C(=O)[C@H]([C@@H](C)O)NC1=O. The van der Waals surface area contributed by atoms with Crippen LogP contribution >= 0.6 is 11.8 Å². The lowest BCUT2D eigenvalue weighted by molar-refractivity contribution is -0.150. The number of hydrogen-bond acceptors (Lipinski definition) is 22. The molecule has 0 saturated carbocycles. The highest BCUT2D eigenvalue weighted by molar-refractivity contribution is 7.98. The molecule has 11 amide bonds. The topological polar surface area (TPSA) is 500 Å². The van der Waals surface area contributed by atoms with Gasteiger partial charge in [0.1, 0.15) is 78.4 Å². The number of carbonyl (C=O) groups excluding carboxylic acids is 11. The summed E-state index contributed by atoms with van der Waals surface area (Å²) in [6.07, 6.45) is -7.21. The Balaban J connectivity index is 1.54. The van der Waals surface area contributed by atoms with Gasteiger partial charge in [0, 0.05) is 51.9 Å². The first kappa shape index (κ1) is 89.0. The number of phenols is 1. The molecule has 0 bridgehead atoms. The first-order valence-electron chi connectivity index (χ1n) is 37.0. The van der Waals surface area contributed by atoms with Crippen LogP contribution in [0.3, 0.4) is 0 Å². The second kappa shape index (κ2) is 45.3. The molecule has 3 heterocycles. The van der Waals surface area contributed by atoms with Crippen LogP contribution in [-0.2, 0) is 63.9 Å². The molecular weight excluding hydrogens is 1400 g/mol. The molecule has 5 rings (SSSR count). The number of nitrogens with zero attached hydrogens (tertiary/aromatic N) is 2. The molecule has 106 heavy (non-hydrogen) atoms. The van der Waals surface area contributed by atoms with Crippen LogP contribution < -0.4 is 53.6 Å². The molecule has 0 aromatic heterocycles. The second-order valence-electron chi connectivity index (χ2n) is 28.7. The number of hydrogen-bond donors (Lipinski definition) is 18. The van der Waals surface area contributed by atoms with E-state index in [1.54, 1.807) is 30.3 Å². The molecule has 19 N–H and O–H groups in total. The van der Waals surface area contributed by atoms with E-state index in [4.69, 9.17) is 10.5 Å². The van der Waals surface area contributed by atoms with Crippen LogP contribution in [0.4, 0.5) is 0 Å². The number of carbonyl (C=O) groups is 11. The predicted molar refractivity (Wildman–Crippen MR) is 392 cm³/mol. The van der Waals surface area contributed by atoms with Gasteiger partial charge in [-0.2, -0.15) is 11.8 Å². The van der Waals surface area contributed by atoms with Gasteiger partial charge >= 0.3 is 0 Å². The van der Waals surface area contributed by atoms with Crippen molar-refractivity contribution in [1.29, 1.82) is 0 Å². The standard InChI is InChI=1S/C73H116N12O20S/c1-8-42(4)35-43(5)18-14-11-9-10-12-17-21-57(93)77-52-38-56(92)71(105-32-29-74)83-70(102)61-55(91)27-31-84(61)73(104)59(54(90)26-30-75-64(96)51(36-45-19-15-13-16-20-45)79-66(98)50(34-41(2)3)78-65(97)49(76-40-86)28-33-106-7)81-69(101)60(63(95)62(94)46-22-24-47(88)25-23-46)82-68(100)53-37-48(89)39-85(53)72(103)58(44(6)87)80-67(52)99/h13,15-16,19-20,22-25,40-44,48-56,58-63,71,87-92,94-95H,8-12,14,17-18,21,26-39,74H2,1-7H3,(H,75,96)(H,76,86)(H,77,93)(H,78,97)(H,79,98)(H,80,99)(H,81,101)(H,82,100)(H,83,102)/t42-,43+,44+,48+,49-,50-,51-,52-,53-,54+,55-,56+,58-,59-,60-,61-,62-,63-,71+/m0/s1. The molecule has 19 atom stereocenters. The zero-order valence-corrected chi connectivity index (χ0v) is 62.8. The van der Waals surface area contributed by atoms with Crippen molar-refractivity contribution in [2.45, 2.75) is 254 Å². The maximum absolute atomic E-state index is 15.4. The zero-order valence-electron chi connectivity index (χ0n) is 61.9. The number of nitrogens with two attached hydrogens (primary N) is 1. The van der Waals surface area contributed by atoms with E-state index in [-0.39, 0.29) is 62.5 Å². The Kier molecular flexibility index (Phi) is 38.0. The molecule has 0 aliphatic carbocycles. The lowest BCUT2D eigenvalue weighted by Gasteiger charge is -2.35. The number of unbranched alkanes of at least 4 members (excludes halogenated alkanes) is 5. The molecule has 3 saturated heterocycles. The summed E-state index contributed by atoms with van der Waals surface area (Å²) in [5.41, 5.74) is 6.26. The van der Waals surface area contributed by atoms with Crippen molar-refractivity contribution in [2.75, 3.05) is 44.8 Å². The number of aliphatic hydroxyl groups is 7. The van der Waals surface area contributed by atoms with Crippen molar-refractivity contribution in [3.63, 3.8) is 0 Å². The van der Waals surface area contributed by atoms with Crippen molar-refractivity contribution in [2.24, 2.45) is 23.5 Å². The zero-order chi connectivity index (χ0) is 78.3. The molecular formula is C73H116N12O20S. The van der Waals surface area contributed by atoms with Crippen LogP contribution in [0.5, 0.6) is 5.75 Å². The smallest absolute Gasteiger partial charge is 0.248 e. The van der Waals surface area contributed by atoms with Gasteiger partial charge in [0.2, 0.25) is 65.5 Å². The lowest BCUT2D eigenvalue weighted by atomic mass is 9.91. The fourth-order valence-corrected chi connectivity index (χ4v) is 13.8. The third-order valence-electron chi connectivity index (χ3n) is 19.5. The van der Waals surface area contributed by atoms with E-state index in [0.29, 0.717) is 42.4 Å². The van der Waals surface area contributed by atoms with Crippen molar-refractivity contribution in [1.82, 2.24) is 57.7 Å². The maximum atomic E-state index is 15.4. The second-order valence-corrected chi connectivity index (χ2v) is 29.7. The van der Waals surface area contributed by atoms with Gasteiger partial charge in [0.15, 0.2) is 6.23 Å². The Morgan fingerprint density at radius 3 is 1.96 bits per heavy atom. The Hall–Kier alpha value is -7.60. The first-order chi connectivity index (χ1) is 50.4. The summed E-state index contributed by atoms with van der Waals surface area (Å²) < 4.78 is 5.83. The van der Waals surface area contributed by atoms with Gasteiger partial charge in [-0.1, -0.05) is 122 Å². The summed E-state index contributed by atoms with van der Waals surface area (Å²) in [5.74, 6) is -9.28. The monoisotopic (exact) mass is 1510 g/mol. The van der Waals surface area contributed by atoms with Crippen molar-refractivity contribution >= 4 is 77.2 Å². The molecule has 3 aliphatic heterocycles. The maximum Gasteiger partial charge on any atom is 0.248 e. The fraction of sp³-hybridized carbons (Fsp3) is 0.685. The van der Waals surface area contributed by atoms with Gasteiger partial charge in [-0.25, -0.2) is 0 Å². The molecule has 32 nitrogen and oxygen atoms in total. The Morgan fingerprint density at radius 1 is 0.689 bits per heavy atom. The number of aliphatic hydroxyl groups excluding tert-OH is 7. The van der Waals surface area contributed by atoms with Gasteiger partial charge < -0.3 is 109 Å². The number of phenolic OH excluding ortho intramolecular Hbond substituents is 1. The number of benzene rings is 2. The van der Waals surface area contributed by atoms with Gasteiger partial charge in [-0.15, -0.1) is 0 Å². The van der Waals surface area contributed by atoms with Crippen molar-refractivity contribution in [3.05, 3.63) is 65.7 Å². The molecule has 2 aromatic carbocycles. The van der Waals surface area contributed by atoms with Crippen LogP contribution in [0.1, 0.15) is 162 Å². The van der Waals surface area contributed by atoms with Crippen LogP contribution in [0.25, 0.3) is 0 Å². The summed E-state index contributed by atoms with van der Waals surface area (Å²) >= 11 is 1.44. The average molecular weight is 1510 g/mol. The Labute approximate surface area is 624 Å². The third-order valence-corrected chi connectivity index (χ3v) is 20.1. The molecule has 594 valence electrons. The highest BCUT2D eigenvalue weighted by Gasteiger charge is 2.49. The van der Waals surface area contributed by atoms with Crippen LogP contribution in [-0.4, -0.2) is 258 Å². The first-order valence-corrected chi connectivity index (χ1v) is 38.4. The predicted octanol–water partition coefficient (Wildman–Crippen LogP) is -1.60. The number of fused-ring (bicyclic) bond motifs is 2. The Bertz CT molecular complexity index is 3150. The minimum atomic E-state index is -2.43. The highest BCUT2D eigenvalue weighted by Crippen LogP contribution is 2.28. The van der Waals surface area contributed by atoms with E-state index in [1.165, 1.54) is 30.3 Å². The third kappa shape index (κ3) is 27.9. The molecule has 3 fully saturated rings. The highest BCUT2D eigenvalue weighted by atomic mass is 32.2. The van der Waals surface area contributed by atoms with Gasteiger partial charge in [-0.05, 0) is 98.5 Å². The number of nitrogens with one attached hydrogen (secondary N) is 9. The summed E-state index contributed by atoms with van der Waals surface area (Å²) in [7, 11) is 0. The fourth-order valence-electron chi connectivity index (χ4n) is 13.4. The van der Waals surface area contributed by atoms with E-state index in [2.05, 4.69) is 68.6 Å². The van der Waals surface area contributed by atoms with Crippen molar-refractivity contribution in [3.8, 4) is 5.75 Å². The van der Waals surface area contributed by atoms with E-state index in [1.807, 2.05) is 20.1 Å².